The molecule has 0 aromatic heterocycles. The van der Waals surface area contributed by atoms with Crippen molar-refractivity contribution < 1.29 is 0 Å². The van der Waals surface area contributed by atoms with Crippen molar-refractivity contribution in [3.05, 3.63) is 22.9 Å². The van der Waals surface area contributed by atoms with Crippen LogP contribution in [0.15, 0.2) is 22.9 Å². The molecule has 9 heavy (non-hydrogen) atoms. The van der Waals surface area contributed by atoms with Crippen LogP contribution in [0.25, 0.3) is 0 Å². The number of nitrogens with zero attached hydrogens (tertiary/aromatic N) is 1. The van der Waals surface area contributed by atoms with Crippen LogP contribution in [-0.4, -0.2) is 18.5 Å². The van der Waals surface area contributed by atoms with E-state index >= 15 is 0 Å². The summed E-state index contributed by atoms with van der Waals surface area (Å²) in [6, 6.07) is 0. The Morgan fingerprint density at radius 1 is 1.56 bits per heavy atom. The van der Waals surface area contributed by atoms with E-state index in [0.29, 0.717) is 0 Å². The van der Waals surface area contributed by atoms with Gasteiger partial charge in [-0.3, -0.25) is 0 Å². The minimum absolute atomic E-state index is 0.851. The van der Waals surface area contributed by atoms with E-state index in [0.717, 1.165) is 11.6 Å². The predicted octanol–water partition coefficient (Wildman–Crippen LogP) is 1.96. The first kappa shape index (κ1) is 6.69. The van der Waals surface area contributed by atoms with Crippen LogP contribution in [0.2, 0.25) is 0 Å². The monoisotopic (exact) mass is 143 g/mol. The summed E-state index contributed by atoms with van der Waals surface area (Å²) in [6.45, 7) is 2.92. The molecule has 0 aliphatic carbocycles. The Morgan fingerprint density at radius 3 is 2.67 bits per heavy atom. The van der Waals surface area contributed by atoms with Crippen molar-refractivity contribution in [2.24, 2.45) is 0 Å². The third kappa shape index (κ3) is 1.49. The number of hydrogen-bond donors (Lipinski definition) is 0. The van der Waals surface area contributed by atoms with Gasteiger partial charge in [-0.25, -0.2) is 0 Å². The Balaban J connectivity index is 2.74. The molecule has 0 atom stereocenters. The lowest BCUT2D eigenvalue weighted by Crippen LogP contribution is -2.19. The molecule has 0 bridgehead atoms. The maximum atomic E-state index is 5.75. The van der Waals surface area contributed by atoms with Crippen molar-refractivity contribution in [3.8, 4) is 0 Å². The zero-order chi connectivity index (χ0) is 6.85. The fourth-order valence-corrected chi connectivity index (χ4v) is 0.985. The van der Waals surface area contributed by atoms with Crippen LogP contribution in [0, 0.1) is 0 Å². The molecule has 0 fully saturated rings. The highest BCUT2D eigenvalue weighted by Crippen LogP contribution is 2.13. The molecule has 0 saturated heterocycles. The maximum Gasteiger partial charge on any atom is 0.0530 e. The molecule has 2 heteroatoms. The van der Waals surface area contributed by atoms with E-state index in [4.69, 9.17) is 11.6 Å². The summed E-state index contributed by atoms with van der Waals surface area (Å²) in [5.41, 5.74) is 1.26. The minimum atomic E-state index is 0.851. The average Bonchev–Trinajstić information content (AvgIpc) is 1.80. The van der Waals surface area contributed by atoms with E-state index in [1.807, 2.05) is 19.2 Å². The largest absolute Gasteiger partial charge is 0.373 e. The fourth-order valence-electron chi connectivity index (χ4n) is 0.742. The molecule has 0 aromatic carbocycles. The predicted molar refractivity (Wildman–Crippen MR) is 40.3 cm³/mol. The fraction of sp³-hybridized carbons (Fsp3) is 0.429. The van der Waals surface area contributed by atoms with Gasteiger partial charge in [0, 0.05) is 17.8 Å². The second kappa shape index (κ2) is 2.44. The maximum absolute atomic E-state index is 5.75. The van der Waals surface area contributed by atoms with Crippen molar-refractivity contribution in [2.45, 2.75) is 6.92 Å². The second-order valence-corrected chi connectivity index (χ2v) is 2.76. The molecule has 1 rings (SSSR count). The van der Waals surface area contributed by atoms with E-state index in [1.165, 1.54) is 5.70 Å². The summed E-state index contributed by atoms with van der Waals surface area (Å²) >= 11 is 5.75. The van der Waals surface area contributed by atoms with E-state index < -0.39 is 0 Å². The Hall–Kier alpha value is -0.430. The topological polar surface area (TPSA) is 3.24 Å². The van der Waals surface area contributed by atoms with Gasteiger partial charge in [-0.2, -0.15) is 0 Å². The Kier molecular flexibility index (Phi) is 1.81. The number of rotatable bonds is 0. The Labute approximate surface area is 60.6 Å². The zero-order valence-electron chi connectivity index (χ0n) is 5.69. The van der Waals surface area contributed by atoms with Crippen LogP contribution in [-0.2, 0) is 0 Å². The minimum Gasteiger partial charge on any atom is -0.373 e. The van der Waals surface area contributed by atoms with Crippen molar-refractivity contribution in [2.75, 3.05) is 13.6 Å². The third-order valence-electron chi connectivity index (χ3n) is 1.50. The summed E-state index contributed by atoms with van der Waals surface area (Å²) in [6.07, 6.45) is 3.96. The van der Waals surface area contributed by atoms with Gasteiger partial charge in [-0.05, 0) is 19.1 Å². The molecule has 1 heterocycles. The van der Waals surface area contributed by atoms with Crippen molar-refractivity contribution in [3.63, 3.8) is 0 Å². The summed E-state index contributed by atoms with van der Waals surface area (Å²) < 4.78 is 0. The molecule has 0 radical (unpaired) electrons. The average molecular weight is 144 g/mol. The summed E-state index contributed by atoms with van der Waals surface area (Å²) in [4.78, 5) is 2.11. The van der Waals surface area contributed by atoms with Gasteiger partial charge < -0.3 is 4.90 Å². The summed E-state index contributed by atoms with van der Waals surface area (Å²) in [7, 11) is 2.03. The zero-order valence-corrected chi connectivity index (χ0v) is 6.44. The molecular weight excluding hydrogens is 134 g/mol. The smallest absolute Gasteiger partial charge is 0.0530 e. The van der Waals surface area contributed by atoms with Gasteiger partial charge in [0.1, 0.15) is 0 Å². The molecule has 50 valence electrons. The van der Waals surface area contributed by atoms with Gasteiger partial charge in [-0.15, -0.1) is 0 Å². The van der Waals surface area contributed by atoms with E-state index in [1.54, 1.807) is 0 Å². The van der Waals surface area contributed by atoms with Gasteiger partial charge in [0.05, 0.1) is 6.54 Å². The van der Waals surface area contributed by atoms with Crippen LogP contribution in [0.3, 0.4) is 0 Å². The number of likely N-dealkylation sites (N-methyl/N-ethyl adjacent to an activating group) is 1. The molecule has 0 aromatic rings. The van der Waals surface area contributed by atoms with Crippen molar-refractivity contribution >= 4 is 11.6 Å². The van der Waals surface area contributed by atoms with Gasteiger partial charge in [0.25, 0.3) is 0 Å². The summed E-state index contributed by atoms with van der Waals surface area (Å²) in [5, 5.41) is 0.906. The van der Waals surface area contributed by atoms with Gasteiger partial charge >= 0.3 is 0 Å². The van der Waals surface area contributed by atoms with Crippen LogP contribution in [0.1, 0.15) is 6.92 Å². The van der Waals surface area contributed by atoms with Gasteiger partial charge in [-0.1, -0.05) is 11.6 Å². The van der Waals surface area contributed by atoms with E-state index in [-0.39, 0.29) is 0 Å². The molecule has 1 nitrogen and oxygen atoms in total. The lowest BCUT2D eigenvalue weighted by molar-refractivity contribution is 0.456. The summed E-state index contributed by atoms with van der Waals surface area (Å²) in [5.74, 6) is 0. The Bertz CT molecular complexity index is 170. The molecule has 0 saturated carbocycles. The first-order valence-electron chi connectivity index (χ1n) is 2.94. The van der Waals surface area contributed by atoms with Crippen LogP contribution >= 0.6 is 11.6 Å². The SMILES string of the molecule is CC1=CC=C(Cl)CN1C. The second-order valence-electron chi connectivity index (χ2n) is 2.28. The first-order chi connectivity index (χ1) is 4.20. The first-order valence-corrected chi connectivity index (χ1v) is 3.32. The molecule has 0 unspecified atom stereocenters. The highest BCUT2D eigenvalue weighted by molar-refractivity contribution is 6.30. The molecular formula is C7H10ClN. The molecule has 0 amide bonds. The van der Waals surface area contributed by atoms with Crippen LogP contribution < -0.4 is 0 Å². The van der Waals surface area contributed by atoms with Crippen LogP contribution in [0.4, 0.5) is 0 Å². The molecule has 1 aliphatic heterocycles. The van der Waals surface area contributed by atoms with Crippen molar-refractivity contribution in [1.82, 2.24) is 4.90 Å². The van der Waals surface area contributed by atoms with E-state index in [9.17, 15) is 0 Å². The van der Waals surface area contributed by atoms with E-state index in [2.05, 4.69) is 11.8 Å². The van der Waals surface area contributed by atoms with Crippen LogP contribution in [0.5, 0.6) is 0 Å². The lowest BCUT2D eigenvalue weighted by Gasteiger charge is -2.21. The third-order valence-corrected chi connectivity index (χ3v) is 1.74. The molecule has 1 aliphatic rings. The number of halogens is 1. The standard InChI is InChI=1S/C7H10ClN/c1-6-3-4-7(8)5-9(6)2/h3-4H,5H2,1-2H3. The Morgan fingerprint density at radius 2 is 2.22 bits per heavy atom. The lowest BCUT2D eigenvalue weighted by atomic mass is 10.3. The normalized spacial score (nSPS) is 19.2. The number of hydrogen-bond acceptors (Lipinski definition) is 1. The van der Waals surface area contributed by atoms with Crippen molar-refractivity contribution in [1.29, 1.82) is 0 Å². The highest BCUT2D eigenvalue weighted by Gasteiger charge is 2.04. The molecule has 0 N–H and O–H groups in total. The number of allylic oxidation sites excluding steroid dienone is 3. The quantitative estimate of drug-likeness (QED) is 0.501. The van der Waals surface area contributed by atoms with Gasteiger partial charge in [0.2, 0.25) is 0 Å². The highest BCUT2D eigenvalue weighted by atomic mass is 35.5. The van der Waals surface area contributed by atoms with Gasteiger partial charge in [0.15, 0.2) is 0 Å². The molecule has 0 spiro atoms.